The van der Waals surface area contributed by atoms with E-state index in [4.69, 9.17) is 0 Å². The van der Waals surface area contributed by atoms with Crippen molar-refractivity contribution < 1.29 is 9.18 Å². The number of halogens is 1. The first-order chi connectivity index (χ1) is 10.6. The molecule has 2 N–H and O–H groups in total. The molecule has 1 aliphatic rings. The molecule has 116 valence electrons. The third kappa shape index (κ3) is 3.17. The number of anilines is 1. The monoisotopic (exact) mass is 302 g/mol. The van der Waals surface area contributed by atoms with Gasteiger partial charge in [-0.1, -0.05) is 6.07 Å². The molecule has 1 saturated heterocycles. The fourth-order valence-corrected chi connectivity index (χ4v) is 2.64. The summed E-state index contributed by atoms with van der Waals surface area (Å²) in [6, 6.07) is 6.30. The smallest absolute Gasteiger partial charge is 0.276 e. The number of nitrogens with one attached hydrogen (secondary N) is 2. The Labute approximate surface area is 128 Å². The first-order valence-corrected chi connectivity index (χ1v) is 7.47. The Morgan fingerprint density at radius 3 is 3.09 bits per heavy atom. The van der Waals surface area contributed by atoms with E-state index in [0.29, 0.717) is 11.4 Å². The number of hydrogen-bond donors (Lipinski definition) is 2. The largest absolute Gasteiger partial charge is 0.320 e. The Hall–Kier alpha value is -2.21. The van der Waals surface area contributed by atoms with Crippen LogP contribution < -0.4 is 10.6 Å². The van der Waals surface area contributed by atoms with E-state index < -0.39 is 0 Å². The molecular formula is C16H19FN4O. The van der Waals surface area contributed by atoms with Crippen molar-refractivity contribution >= 4 is 11.6 Å². The van der Waals surface area contributed by atoms with Gasteiger partial charge in [0.1, 0.15) is 5.82 Å². The van der Waals surface area contributed by atoms with Gasteiger partial charge in [-0.15, -0.1) is 0 Å². The fourth-order valence-electron chi connectivity index (χ4n) is 2.64. The van der Waals surface area contributed by atoms with Crippen LogP contribution >= 0.6 is 0 Å². The molecule has 1 atom stereocenters. The van der Waals surface area contributed by atoms with Crippen molar-refractivity contribution in [2.45, 2.75) is 25.8 Å². The predicted molar refractivity (Wildman–Crippen MR) is 82.5 cm³/mol. The lowest BCUT2D eigenvalue weighted by Gasteiger charge is -2.22. The average Bonchev–Trinajstić information content (AvgIpc) is 3.02. The maximum absolute atomic E-state index is 13.3. The third-order valence-corrected chi connectivity index (χ3v) is 3.93. The zero-order valence-electron chi connectivity index (χ0n) is 12.5. The summed E-state index contributed by atoms with van der Waals surface area (Å²) in [5, 5.41) is 10.4. The summed E-state index contributed by atoms with van der Waals surface area (Å²) in [5.41, 5.74) is 1.62. The van der Waals surface area contributed by atoms with Gasteiger partial charge in [0.25, 0.3) is 5.91 Å². The number of aromatic nitrogens is 2. The first kappa shape index (κ1) is 14.7. The number of piperidine rings is 1. The second kappa shape index (κ2) is 6.27. The van der Waals surface area contributed by atoms with E-state index in [-0.39, 0.29) is 17.8 Å². The van der Waals surface area contributed by atoms with Gasteiger partial charge in [0.15, 0.2) is 5.69 Å². The standard InChI is InChI=1S/C16H19FN4O/c1-11-4-5-12(17)9-15(11)19-16(22)14-6-8-21(20-14)13-3-2-7-18-10-13/h4-6,8-9,13,18H,2-3,7,10H2,1H3,(H,19,22). The molecule has 22 heavy (non-hydrogen) atoms. The zero-order chi connectivity index (χ0) is 15.5. The van der Waals surface area contributed by atoms with Crippen LogP contribution in [0.25, 0.3) is 0 Å². The van der Waals surface area contributed by atoms with Gasteiger partial charge >= 0.3 is 0 Å². The van der Waals surface area contributed by atoms with Crippen molar-refractivity contribution in [2.24, 2.45) is 0 Å². The molecule has 0 radical (unpaired) electrons. The molecule has 1 aromatic heterocycles. The molecule has 3 rings (SSSR count). The molecule has 1 aliphatic heterocycles. The van der Waals surface area contributed by atoms with E-state index in [1.54, 1.807) is 12.1 Å². The summed E-state index contributed by atoms with van der Waals surface area (Å²) in [6.45, 7) is 3.72. The van der Waals surface area contributed by atoms with Gasteiger partial charge in [-0.3, -0.25) is 9.48 Å². The topological polar surface area (TPSA) is 59.0 Å². The van der Waals surface area contributed by atoms with Crippen LogP contribution in [-0.2, 0) is 0 Å². The second-order valence-electron chi connectivity index (χ2n) is 5.59. The van der Waals surface area contributed by atoms with Gasteiger partial charge in [0.05, 0.1) is 6.04 Å². The van der Waals surface area contributed by atoms with Crippen molar-refractivity contribution in [1.82, 2.24) is 15.1 Å². The maximum Gasteiger partial charge on any atom is 0.276 e. The lowest BCUT2D eigenvalue weighted by atomic mass is 10.1. The molecule has 0 saturated carbocycles. The SMILES string of the molecule is Cc1ccc(F)cc1NC(=O)c1ccn(C2CCCNC2)n1. The Morgan fingerprint density at radius 1 is 1.45 bits per heavy atom. The number of hydrogen-bond acceptors (Lipinski definition) is 3. The minimum atomic E-state index is -0.375. The molecule has 1 amide bonds. The third-order valence-electron chi connectivity index (χ3n) is 3.93. The minimum absolute atomic E-state index is 0.284. The Bertz CT molecular complexity index is 677. The van der Waals surface area contributed by atoms with Crippen molar-refractivity contribution in [3.05, 3.63) is 47.5 Å². The van der Waals surface area contributed by atoms with Crippen molar-refractivity contribution in [3.8, 4) is 0 Å². The molecule has 1 unspecified atom stereocenters. The Morgan fingerprint density at radius 2 is 2.32 bits per heavy atom. The minimum Gasteiger partial charge on any atom is -0.320 e. The number of carbonyl (C=O) groups excluding carboxylic acids is 1. The van der Waals surface area contributed by atoms with E-state index in [1.165, 1.54) is 12.1 Å². The summed E-state index contributed by atoms with van der Waals surface area (Å²) >= 11 is 0. The summed E-state index contributed by atoms with van der Waals surface area (Å²) < 4.78 is 15.1. The number of nitrogens with zero attached hydrogens (tertiary/aromatic N) is 2. The molecular weight excluding hydrogens is 283 g/mol. The lowest BCUT2D eigenvalue weighted by molar-refractivity contribution is 0.102. The van der Waals surface area contributed by atoms with E-state index in [1.807, 2.05) is 17.8 Å². The summed E-state index contributed by atoms with van der Waals surface area (Å²) in [5.74, 6) is -0.698. The summed E-state index contributed by atoms with van der Waals surface area (Å²) in [4.78, 5) is 12.2. The van der Waals surface area contributed by atoms with Gasteiger partial charge in [-0.2, -0.15) is 5.10 Å². The molecule has 2 aromatic rings. The number of benzene rings is 1. The first-order valence-electron chi connectivity index (χ1n) is 7.47. The highest BCUT2D eigenvalue weighted by Crippen LogP contribution is 2.18. The van der Waals surface area contributed by atoms with Crippen LogP contribution in [0.4, 0.5) is 10.1 Å². The van der Waals surface area contributed by atoms with Crippen LogP contribution in [0.2, 0.25) is 0 Å². The normalized spacial score (nSPS) is 18.2. The quantitative estimate of drug-likeness (QED) is 0.916. The molecule has 1 aromatic carbocycles. The van der Waals surface area contributed by atoms with Crippen molar-refractivity contribution in [2.75, 3.05) is 18.4 Å². The van der Waals surface area contributed by atoms with Crippen LogP contribution in [0.3, 0.4) is 0 Å². The molecule has 2 heterocycles. The lowest BCUT2D eigenvalue weighted by Crippen LogP contribution is -2.32. The van der Waals surface area contributed by atoms with Crippen molar-refractivity contribution in [1.29, 1.82) is 0 Å². The summed E-state index contributed by atoms with van der Waals surface area (Å²) in [7, 11) is 0. The van der Waals surface area contributed by atoms with E-state index in [2.05, 4.69) is 15.7 Å². The summed E-state index contributed by atoms with van der Waals surface area (Å²) in [6.07, 6.45) is 3.98. The van der Waals surface area contributed by atoms with E-state index in [0.717, 1.165) is 31.5 Å². The van der Waals surface area contributed by atoms with E-state index in [9.17, 15) is 9.18 Å². The number of rotatable bonds is 3. The van der Waals surface area contributed by atoms with Crippen LogP contribution in [0, 0.1) is 12.7 Å². The fraction of sp³-hybridized carbons (Fsp3) is 0.375. The van der Waals surface area contributed by atoms with E-state index >= 15 is 0 Å². The number of aryl methyl sites for hydroxylation is 1. The molecule has 1 fully saturated rings. The van der Waals surface area contributed by atoms with Crippen LogP contribution in [0.1, 0.15) is 34.9 Å². The molecule has 0 bridgehead atoms. The Kier molecular flexibility index (Phi) is 4.20. The van der Waals surface area contributed by atoms with Gasteiger partial charge in [0.2, 0.25) is 0 Å². The highest BCUT2D eigenvalue weighted by molar-refractivity contribution is 6.03. The van der Waals surface area contributed by atoms with Crippen LogP contribution in [-0.4, -0.2) is 28.8 Å². The highest BCUT2D eigenvalue weighted by atomic mass is 19.1. The second-order valence-corrected chi connectivity index (χ2v) is 5.59. The predicted octanol–water partition coefficient (Wildman–Crippen LogP) is 2.51. The maximum atomic E-state index is 13.3. The van der Waals surface area contributed by atoms with Gasteiger partial charge in [-0.25, -0.2) is 4.39 Å². The molecule has 0 aliphatic carbocycles. The van der Waals surface area contributed by atoms with Crippen molar-refractivity contribution in [3.63, 3.8) is 0 Å². The van der Waals surface area contributed by atoms with Gasteiger partial charge in [0, 0.05) is 18.4 Å². The van der Waals surface area contributed by atoms with Gasteiger partial charge in [-0.05, 0) is 50.1 Å². The molecule has 6 heteroatoms. The average molecular weight is 302 g/mol. The number of carbonyl (C=O) groups is 1. The van der Waals surface area contributed by atoms with Crippen LogP contribution in [0.5, 0.6) is 0 Å². The molecule has 5 nitrogen and oxygen atoms in total. The zero-order valence-corrected chi connectivity index (χ0v) is 12.5. The number of amides is 1. The Balaban J connectivity index is 1.72. The van der Waals surface area contributed by atoms with Crippen LogP contribution in [0.15, 0.2) is 30.5 Å². The highest BCUT2D eigenvalue weighted by Gasteiger charge is 2.18. The molecule has 0 spiro atoms. The van der Waals surface area contributed by atoms with Gasteiger partial charge < -0.3 is 10.6 Å².